The van der Waals surface area contributed by atoms with Gasteiger partial charge in [0.25, 0.3) is 0 Å². The number of rotatable bonds is 2. The fraction of sp³-hybridized carbons (Fsp3) is 0.389. The molecule has 0 fully saturated rings. The highest BCUT2D eigenvalue weighted by molar-refractivity contribution is 8.02. The zero-order chi connectivity index (χ0) is 15.3. The predicted octanol–water partition coefficient (Wildman–Crippen LogP) is 4.05. The molecule has 4 rings (SSSR count). The number of hydrogen-bond donors (Lipinski definition) is 1. The van der Waals surface area contributed by atoms with Gasteiger partial charge in [0.1, 0.15) is 6.04 Å². The highest BCUT2D eigenvalue weighted by Gasteiger charge is 2.42. The van der Waals surface area contributed by atoms with Gasteiger partial charge in [-0.3, -0.25) is 0 Å². The first kappa shape index (κ1) is 13.9. The Morgan fingerprint density at radius 2 is 2.27 bits per heavy atom. The number of nitrogens with zero attached hydrogens (tertiary/aromatic N) is 1. The fourth-order valence-electron chi connectivity index (χ4n) is 3.29. The van der Waals surface area contributed by atoms with E-state index in [-0.39, 0.29) is 11.6 Å². The molecule has 1 N–H and O–H groups in total. The first-order chi connectivity index (χ1) is 10.6. The van der Waals surface area contributed by atoms with Crippen molar-refractivity contribution in [1.82, 2.24) is 0 Å². The normalized spacial score (nSPS) is 28.9. The van der Waals surface area contributed by atoms with Gasteiger partial charge in [-0.05, 0) is 37.8 Å². The van der Waals surface area contributed by atoms with Crippen LogP contribution >= 0.6 is 11.8 Å². The Hall–Kier alpha value is -1.68. The summed E-state index contributed by atoms with van der Waals surface area (Å²) in [7, 11) is 0. The summed E-state index contributed by atoms with van der Waals surface area (Å²) in [6.45, 7) is 4.27. The zero-order valence-corrected chi connectivity index (χ0v) is 14.0. The van der Waals surface area contributed by atoms with Crippen molar-refractivity contribution < 1.29 is 4.74 Å². The van der Waals surface area contributed by atoms with Crippen molar-refractivity contribution in [2.24, 2.45) is 4.99 Å². The fourth-order valence-corrected chi connectivity index (χ4v) is 3.77. The lowest BCUT2D eigenvalue weighted by atomic mass is 9.94. The van der Waals surface area contributed by atoms with E-state index in [9.17, 15) is 0 Å². The van der Waals surface area contributed by atoms with Gasteiger partial charge in [-0.25, -0.2) is 4.99 Å². The van der Waals surface area contributed by atoms with E-state index in [1.54, 1.807) is 11.8 Å². The summed E-state index contributed by atoms with van der Waals surface area (Å²) in [5, 5.41) is 3.55. The Balaban J connectivity index is 1.60. The lowest BCUT2D eigenvalue weighted by Gasteiger charge is -2.27. The molecule has 0 aromatic heterocycles. The second kappa shape index (κ2) is 4.92. The number of hydrogen-bond acceptors (Lipinski definition) is 4. The molecule has 3 nitrogen and oxygen atoms in total. The minimum Gasteiger partial charge on any atom is -0.466 e. The van der Waals surface area contributed by atoms with Crippen molar-refractivity contribution in [3.63, 3.8) is 0 Å². The Labute approximate surface area is 135 Å². The maximum absolute atomic E-state index is 6.26. The van der Waals surface area contributed by atoms with E-state index < -0.39 is 0 Å². The molecule has 2 aliphatic heterocycles. The van der Waals surface area contributed by atoms with Crippen molar-refractivity contribution in [1.29, 1.82) is 0 Å². The van der Waals surface area contributed by atoms with E-state index in [0.717, 1.165) is 24.4 Å². The van der Waals surface area contributed by atoms with Crippen molar-refractivity contribution in [2.45, 2.75) is 38.3 Å². The van der Waals surface area contributed by atoms with Crippen LogP contribution in [0.1, 0.15) is 24.5 Å². The van der Waals surface area contributed by atoms with Crippen LogP contribution in [0.3, 0.4) is 0 Å². The second-order valence-corrected chi connectivity index (χ2v) is 7.27. The van der Waals surface area contributed by atoms with E-state index in [0.29, 0.717) is 0 Å². The van der Waals surface area contributed by atoms with Crippen molar-refractivity contribution >= 4 is 23.3 Å². The van der Waals surface area contributed by atoms with Gasteiger partial charge in [-0.1, -0.05) is 23.8 Å². The number of nitrogens with one attached hydrogen (secondary N) is 1. The first-order valence-corrected chi connectivity index (χ1v) is 8.90. The van der Waals surface area contributed by atoms with Crippen LogP contribution in [-0.2, 0) is 11.2 Å². The van der Waals surface area contributed by atoms with Crippen molar-refractivity contribution in [2.75, 3.05) is 11.6 Å². The highest BCUT2D eigenvalue weighted by atomic mass is 32.2. The third-order valence-electron chi connectivity index (χ3n) is 4.62. The Morgan fingerprint density at radius 1 is 1.41 bits per heavy atom. The van der Waals surface area contributed by atoms with Crippen LogP contribution in [0.5, 0.6) is 0 Å². The summed E-state index contributed by atoms with van der Waals surface area (Å²) in [5.74, 6) is 0.832. The first-order valence-electron chi connectivity index (χ1n) is 7.67. The molecule has 0 spiro atoms. The monoisotopic (exact) mass is 312 g/mol. The Morgan fingerprint density at radius 3 is 3.09 bits per heavy atom. The number of ether oxygens (including phenoxy) is 1. The van der Waals surface area contributed by atoms with Crippen molar-refractivity contribution in [3.8, 4) is 0 Å². The summed E-state index contributed by atoms with van der Waals surface area (Å²) in [4.78, 5) is 6.08. The van der Waals surface area contributed by atoms with Gasteiger partial charge in [-0.15, -0.1) is 11.8 Å². The number of aliphatic imine (C=N–C) groups is 1. The maximum atomic E-state index is 6.26. The molecule has 4 heteroatoms. The molecule has 22 heavy (non-hydrogen) atoms. The Bertz CT molecular complexity index is 735. The van der Waals surface area contributed by atoms with Gasteiger partial charge in [0, 0.05) is 23.4 Å². The van der Waals surface area contributed by atoms with Gasteiger partial charge in [0.15, 0.2) is 5.60 Å². The molecule has 0 saturated carbocycles. The number of thioether (sulfide) groups is 1. The number of allylic oxidation sites excluding steroid dienone is 1. The van der Waals surface area contributed by atoms with E-state index in [1.165, 1.54) is 21.7 Å². The van der Waals surface area contributed by atoms with Crippen LogP contribution in [0.2, 0.25) is 0 Å². The summed E-state index contributed by atoms with van der Waals surface area (Å²) >= 11 is 1.76. The lowest BCUT2D eigenvalue weighted by molar-refractivity contribution is 0.129. The lowest BCUT2D eigenvalue weighted by Crippen LogP contribution is -2.34. The van der Waals surface area contributed by atoms with Gasteiger partial charge >= 0.3 is 0 Å². The molecule has 0 saturated heterocycles. The predicted molar refractivity (Wildman–Crippen MR) is 93.5 cm³/mol. The molecule has 2 atom stereocenters. The third kappa shape index (κ3) is 2.17. The summed E-state index contributed by atoms with van der Waals surface area (Å²) in [6.07, 6.45) is 8.34. The average molecular weight is 312 g/mol. The zero-order valence-electron chi connectivity index (χ0n) is 13.1. The molecule has 1 aromatic rings. The van der Waals surface area contributed by atoms with Crippen molar-refractivity contribution in [3.05, 3.63) is 52.1 Å². The molecule has 2 unspecified atom stereocenters. The van der Waals surface area contributed by atoms with E-state index >= 15 is 0 Å². The largest absolute Gasteiger partial charge is 0.466 e. The minimum absolute atomic E-state index is 0.151. The third-order valence-corrected chi connectivity index (χ3v) is 5.38. The topological polar surface area (TPSA) is 33.6 Å². The second-order valence-electron chi connectivity index (χ2n) is 6.39. The van der Waals surface area contributed by atoms with Crippen LogP contribution in [0.15, 0.2) is 45.9 Å². The van der Waals surface area contributed by atoms with Crippen LogP contribution in [0.4, 0.5) is 5.69 Å². The smallest absolute Gasteiger partial charge is 0.212 e. The van der Waals surface area contributed by atoms with Gasteiger partial charge in [0.2, 0.25) is 5.90 Å². The van der Waals surface area contributed by atoms with Crippen LogP contribution in [0, 0.1) is 6.92 Å². The molecule has 0 radical (unpaired) electrons. The molecule has 1 aliphatic carbocycles. The molecule has 0 bridgehead atoms. The number of fused-ring (bicyclic) bond motifs is 2. The van der Waals surface area contributed by atoms with Crippen LogP contribution < -0.4 is 5.32 Å². The molecular weight excluding hydrogens is 292 g/mol. The van der Waals surface area contributed by atoms with E-state index in [4.69, 9.17) is 9.73 Å². The van der Waals surface area contributed by atoms with Crippen LogP contribution in [-0.4, -0.2) is 23.8 Å². The molecule has 2 heterocycles. The number of aryl methyl sites for hydroxylation is 1. The molecule has 114 valence electrons. The Kier molecular flexibility index (Phi) is 3.12. The van der Waals surface area contributed by atoms with Gasteiger partial charge < -0.3 is 10.1 Å². The SMILES string of the molecule is CSC1=CCC2(C)OC(C3Cc4cc(C)ccc4N3)=NC2=C1. The summed E-state index contributed by atoms with van der Waals surface area (Å²) in [5.41, 5.74) is 4.63. The van der Waals surface area contributed by atoms with Crippen LogP contribution in [0.25, 0.3) is 0 Å². The molecule has 0 amide bonds. The molecule has 3 aliphatic rings. The standard InChI is InChI=1S/C18H20N2OS/c1-11-4-5-14-12(8-11)9-15(19-14)17-20-16-10-13(22-3)6-7-18(16,2)21-17/h4-6,8,10,15,19H,7,9H2,1-3H3. The van der Waals surface area contributed by atoms with E-state index in [2.05, 4.69) is 55.8 Å². The average Bonchev–Trinajstić information content (AvgIpc) is 3.06. The summed E-state index contributed by atoms with van der Waals surface area (Å²) < 4.78 is 6.26. The molecule has 1 aromatic carbocycles. The quantitative estimate of drug-likeness (QED) is 0.894. The van der Waals surface area contributed by atoms with Gasteiger partial charge in [0.05, 0.1) is 5.70 Å². The number of benzene rings is 1. The van der Waals surface area contributed by atoms with Gasteiger partial charge in [-0.2, -0.15) is 0 Å². The minimum atomic E-state index is -0.291. The summed E-state index contributed by atoms with van der Waals surface area (Å²) in [6, 6.07) is 6.70. The molecular formula is C18H20N2OS. The number of anilines is 1. The highest BCUT2D eigenvalue weighted by Crippen LogP contribution is 2.41. The van der Waals surface area contributed by atoms with E-state index in [1.807, 2.05) is 0 Å². The maximum Gasteiger partial charge on any atom is 0.212 e.